The molecule has 0 heterocycles. The number of nitrogens with two attached hydrogens (primary N) is 1. The van der Waals surface area contributed by atoms with Crippen molar-refractivity contribution >= 4 is 21.6 Å². The number of sulfonamides is 1. The summed E-state index contributed by atoms with van der Waals surface area (Å²) < 4.78 is 26.8. The van der Waals surface area contributed by atoms with E-state index in [9.17, 15) is 13.2 Å². The first-order valence-electron chi connectivity index (χ1n) is 8.19. The van der Waals surface area contributed by atoms with E-state index < -0.39 is 10.0 Å². The van der Waals surface area contributed by atoms with Crippen LogP contribution >= 0.6 is 0 Å². The largest absolute Gasteiger partial charge is 0.399 e. The molecule has 0 radical (unpaired) electrons. The van der Waals surface area contributed by atoms with E-state index in [0.29, 0.717) is 24.2 Å². The van der Waals surface area contributed by atoms with Crippen LogP contribution in [0.4, 0.5) is 5.69 Å². The molecule has 0 spiro atoms. The lowest BCUT2D eigenvalue weighted by atomic mass is 10.1. The first-order valence-corrected chi connectivity index (χ1v) is 9.67. The van der Waals surface area contributed by atoms with Crippen molar-refractivity contribution < 1.29 is 13.2 Å². The molecule has 1 aliphatic rings. The molecule has 1 amide bonds. The third-order valence-electron chi connectivity index (χ3n) is 4.00. The van der Waals surface area contributed by atoms with Gasteiger partial charge >= 0.3 is 0 Å². The number of hydrogen-bond acceptors (Lipinski definition) is 4. The predicted octanol–water partition coefficient (Wildman–Crippen LogP) is 1.68. The van der Waals surface area contributed by atoms with Gasteiger partial charge in [-0.3, -0.25) is 4.79 Å². The number of benzene rings is 2. The molecule has 2 aromatic rings. The second kappa shape index (κ2) is 7.25. The van der Waals surface area contributed by atoms with Crippen LogP contribution in [0, 0.1) is 0 Å². The van der Waals surface area contributed by atoms with Gasteiger partial charge in [-0.25, -0.2) is 13.1 Å². The molecule has 1 aliphatic carbocycles. The number of rotatable bonds is 7. The number of nitrogens with one attached hydrogen (secondary N) is 2. The molecule has 4 N–H and O–H groups in total. The summed E-state index contributed by atoms with van der Waals surface area (Å²) in [5, 5.41) is 2.83. The molecule has 0 saturated heterocycles. The van der Waals surface area contributed by atoms with Gasteiger partial charge in [0.15, 0.2) is 0 Å². The summed E-state index contributed by atoms with van der Waals surface area (Å²) in [6, 6.07) is 13.5. The van der Waals surface area contributed by atoms with E-state index in [1.165, 1.54) is 24.3 Å². The summed E-state index contributed by atoms with van der Waals surface area (Å²) in [4.78, 5) is 12.3. The topological polar surface area (TPSA) is 101 Å². The molecule has 7 heteroatoms. The number of amides is 1. The van der Waals surface area contributed by atoms with Gasteiger partial charge in [-0.1, -0.05) is 12.1 Å². The van der Waals surface area contributed by atoms with Crippen molar-refractivity contribution in [3.8, 4) is 0 Å². The average Bonchev–Trinajstić information content (AvgIpc) is 3.40. The summed E-state index contributed by atoms with van der Waals surface area (Å²) in [6.45, 7) is 0.492. The highest BCUT2D eigenvalue weighted by atomic mass is 32.2. The number of carbonyl (C=O) groups excluding carboxylic acids is 1. The minimum Gasteiger partial charge on any atom is -0.399 e. The van der Waals surface area contributed by atoms with E-state index in [1.807, 2.05) is 24.3 Å². The highest BCUT2D eigenvalue weighted by molar-refractivity contribution is 7.89. The molecule has 3 rings (SSSR count). The monoisotopic (exact) mass is 359 g/mol. The van der Waals surface area contributed by atoms with Crippen LogP contribution < -0.4 is 15.8 Å². The van der Waals surface area contributed by atoms with Crippen molar-refractivity contribution in [2.45, 2.75) is 30.2 Å². The molecule has 0 atom stereocenters. The van der Waals surface area contributed by atoms with Crippen LogP contribution in [-0.2, 0) is 16.4 Å². The summed E-state index contributed by atoms with van der Waals surface area (Å²) in [7, 11) is -3.49. The van der Waals surface area contributed by atoms with Gasteiger partial charge < -0.3 is 11.1 Å². The SMILES string of the molecule is Nc1ccc(CCNC(=O)c2ccc(S(=O)(=O)NC3CC3)cc2)cc1. The third-order valence-corrected chi connectivity index (χ3v) is 5.54. The maximum atomic E-state index is 12.1. The minimum atomic E-state index is -3.49. The Morgan fingerprint density at radius 2 is 1.68 bits per heavy atom. The van der Waals surface area contributed by atoms with Gasteiger partial charge in [0.2, 0.25) is 10.0 Å². The fourth-order valence-corrected chi connectivity index (χ4v) is 3.69. The average molecular weight is 359 g/mol. The highest BCUT2D eigenvalue weighted by Gasteiger charge is 2.27. The van der Waals surface area contributed by atoms with Crippen LogP contribution in [0.25, 0.3) is 0 Å². The van der Waals surface area contributed by atoms with Crippen molar-refractivity contribution in [1.29, 1.82) is 0 Å². The van der Waals surface area contributed by atoms with Gasteiger partial charge in [0.05, 0.1) is 4.90 Å². The predicted molar refractivity (Wildman–Crippen MR) is 96.7 cm³/mol. The first-order chi connectivity index (χ1) is 11.9. The maximum Gasteiger partial charge on any atom is 0.251 e. The van der Waals surface area contributed by atoms with Crippen molar-refractivity contribution in [3.63, 3.8) is 0 Å². The molecule has 2 aromatic carbocycles. The van der Waals surface area contributed by atoms with E-state index in [-0.39, 0.29) is 16.8 Å². The molecular formula is C18H21N3O3S. The van der Waals surface area contributed by atoms with Gasteiger partial charge in [0, 0.05) is 23.8 Å². The Labute approximate surface area is 147 Å². The van der Waals surface area contributed by atoms with E-state index in [0.717, 1.165) is 18.4 Å². The van der Waals surface area contributed by atoms with E-state index in [2.05, 4.69) is 10.0 Å². The molecule has 1 fully saturated rings. The molecule has 0 unspecified atom stereocenters. The Balaban J connectivity index is 1.54. The fraction of sp³-hybridized carbons (Fsp3) is 0.278. The number of nitrogen functional groups attached to an aromatic ring is 1. The van der Waals surface area contributed by atoms with Crippen LogP contribution in [0.1, 0.15) is 28.8 Å². The van der Waals surface area contributed by atoms with Crippen molar-refractivity contribution in [2.75, 3.05) is 12.3 Å². The minimum absolute atomic E-state index is 0.0568. The lowest BCUT2D eigenvalue weighted by molar-refractivity contribution is 0.0954. The van der Waals surface area contributed by atoms with E-state index >= 15 is 0 Å². The van der Waals surface area contributed by atoms with Crippen LogP contribution in [0.3, 0.4) is 0 Å². The van der Waals surface area contributed by atoms with E-state index in [4.69, 9.17) is 5.73 Å². The summed E-state index contributed by atoms with van der Waals surface area (Å²) in [5.41, 5.74) is 7.86. The van der Waals surface area contributed by atoms with Crippen LogP contribution in [0.2, 0.25) is 0 Å². The summed E-state index contributed by atoms with van der Waals surface area (Å²) >= 11 is 0. The Hall–Kier alpha value is -2.38. The van der Waals surface area contributed by atoms with Gasteiger partial charge in [-0.2, -0.15) is 0 Å². The van der Waals surface area contributed by atoms with E-state index in [1.54, 1.807) is 0 Å². The zero-order valence-electron chi connectivity index (χ0n) is 13.7. The van der Waals surface area contributed by atoms with Crippen LogP contribution in [0.5, 0.6) is 0 Å². The van der Waals surface area contributed by atoms with Crippen LogP contribution in [-0.4, -0.2) is 26.9 Å². The standard InChI is InChI=1S/C18H21N3O3S/c19-15-5-1-13(2-6-15)11-12-20-18(22)14-3-9-17(10-4-14)25(23,24)21-16-7-8-16/h1-6,9-10,16,21H,7-8,11-12,19H2,(H,20,22). The Kier molecular flexibility index (Phi) is 5.06. The number of carbonyl (C=O) groups is 1. The summed E-state index contributed by atoms with van der Waals surface area (Å²) in [6.07, 6.45) is 2.46. The van der Waals surface area contributed by atoms with Crippen molar-refractivity contribution in [2.24, 2.45) is 0 Å². The zero-order valence-corrected chi connectivity index (χ0v) is 14.6. The second-order valence-electron chi connectivity index (χ2n) is 6.17. The van der Waals surface area contributed by atoms with Crippen molar-refractivity contribution in [1.82, 2.24) is 10.0 Å². The van der Waals surface area contributed by atoms with Gasteiger partial charge in [-0.15, -0.1) is 0 Å². The molecule has 132 valence electrons. The zero-order chi connectivity index (χ0) is 17.9. The van der Waals surface area contributed by atoms with Gasteiger partial charge in [-0.05, 0) is 61.2 Å². The molecule has 0 bridgehead atoms. The van der Waals surface area contributed by atoms with Gasteiger partial charge in [0.25, 0.3) is 5.91 Å². The normalized spacial score (nSPS) is 14.2. The molecule has 25 heavy (non-hydrogen) atoms. The quantitative estimate of drug-likeness (QED) is 0.655. The summed E-state index contributed by atoms with van der Waals surface area (Å²) in [5.74, 6) is -0.227. The first kappa shape index (κ1) is 17.4. The third kappa shape index (κ3) is 4.80. The highest BCUT2D eigenvalue weighted by Crippen LogP contribution is 2.22. The number of anilines is 1. The Bertz CT molecular complexity index is 842. The Morgan fingerprint density at radius 1 is 1.04 bits per heavy atom. The molecule has 6 nitrogen and oxygen atoms in total. The fourth-order valence-electron chi connectivity index (χ4n) is 2.38. The molecule has 1 saturated carbocycles. The maximum absolute atomic E-state index is 12.1. The van der Waals surface area contributed by atoms with Crippen LogP contribution in [0.15, 0.2) is 53.4 Å². The lowest BCUT2D eigenvalue weighted by Gasteiger charge is -2.08. The van der Waals surface area contributed by atoms with Crippen molar-refractivity contribution in [3.05, 3.63) is 59.7 Å². The Morgan fingerprint density at radius 3 is 2.28 bits per heavy atom. The molecular weight excluding hydrogens is 338 g/mol. The lowest BCUT2D eigenvalue weighted by Crippen LogP contribution is -2.27. The van der Waals surface area contributed by atoms with Gasteiger partial charge in [0.1, 0.15) is 0 Å². The second-order valence-corrected chi connectivity index (χ2v) is 7.88. The number of hydrogen-bond donors (Lipinski definition) is 3. The molecule has 0 aromatic heterocycles. The molecule has 0 aliphatic heterocycles. The smallest absolute Gasteiger partial charge is 0.251 e.